The van der Waals surface area contributed by atoms with Gasteiger partial charge in [-0.15, -0.1) is 0 Å². The van der Waals surface area contributed by atoms with Gasteiger partial charge in [0, 0.05) is 23.2 Å². The number of carbonyl (C=O) groups is 1. The van der Waals surface area contributed by atoms with Crippen molar-refractivity contribution in [1.29, 1.82) is 0 Å². The molecule has 1 unspecified atom stereocenters. The van der Waals surface area contributed by atoms with Crippen molar-refractivity contribution in [2.45, 2.75) is 12.6 Å². The number of hydrogen-bond donors (Lipinski definition) is 1. The second kappa shape index (κ2) is 7.34. The zero-order valence-electron chi connectivity index (χ0n) is 12.5. The Morgan fingerprint density at radius 2 is 2.00 bits per heavy atom. The first-order valence-electron chi connectivity index (χ1n) is 6.87. The summed E-state index contributed by atoms with van der Waals surface area (Å²) in [5, 5.41) is 10.9. The van der Waals surface area contributed by atoms with Gasteiger partial charge in [0.2, 0.25) is 5.91 Å². The van der Waals surface area contributed by atoms with Crippen molar-refractivity contribution < 1.29 is 9.72 Å². The highest BCUT2D eigenvalue weighted by molar-refractivity contribution is 9.10. The van der Waals surface area contributed by atoms with Crippen LogP contribution in [-0.2, 0) is 11.3 Å². The fourth-order valence-corrected chi connectivity index (χ4v) is 2.88. The summed E-state index contributed by atoms with van der Waals surface area (Å²) in [4.78, 5) is 24.1. The molecule has 2 aromatic rings. The highest BCUT2D eigenvalue weighted by Crippen LogP contribution is 2.24. The predicted octanol–water partition coefficient (Wildman–Crippen LogP) is 3.02. The van der Waals surface area contributed by atoms with Gasteiger partial charge in [-0.25, -0.2) is 0 Å². The monoisotopic (exact) mass is 377 g/mol. The van der Waals surface area contributed by atoms with Crippen LogP contribution in [0.2, 0.25) is 0 Å². The second-order valence-corrected chi connectivity index (χ2v) is 6.12. The summed E-state index contributed by atoms with van der Waals surface area (Å²) in [5.41, 5.74) is 7.07. The number of non-ortho nitro benzene ring substituents is 1. The van der Waals surface area contributed by atoms with E-state index >= 15 is 0 Å². The topological polar surface area (TPSA) is 89.5 Å². The van der Waals surface area contributed by atoms with E-state index in [4.69, 9.17) is 5.73 Å². The van der Waals surface area contributed by atoms with Crippen molar-refractivity contribution in [2.24, 2.45) is 5.73 Å². The van der Waals surface area contributed by atoms with Gasteiger partial charge in [-0.3, -0.25) is 19.8 Å². The van der Waals surface area contributed by atoms with Gasteiger partial charge >= 0.3 is 0 Å². The molecule has 6 nitrogen and oxygen atoms in total. The Balaban J connectivity index is 2.25. The maximum atomic E-state index is 11.9. The van der Waals surface area contributed by atoms with E-state index in [0.29, 0.717) is 6.54 Å². The van der Waals surface area contributed by atoms with Crippen LogP contribution in [0.1, 0.15) is 17.2 Å². The van der Waals surface area contributed by atoms with Crippen LogP contribution in [0.25, 0.3) is 0 Å². The van der Waals surface area contributed by atoms with E-state index in [-0.39, 0.29) is 5.69 Å². The number of likely N-dealkylation sites (N-methyl/N-ethyl adjacent to an activating group) is 1. The van der Waals surface area contributed by atoms with E-state index in [2.05, 4.69) is 15.9 Å². The van der Waals surface area contributed by atoms with Gasteiger partial charge < -0.3 is 5.73 Å². The standard InChI is InChI=1S/C16H16BrN3O3/c1-19(10-11-4-2-7-14(8-11)20(22)23)15(16(18)21)12-5-3-6-13(17)9-12/h2-9,15H,10H2,1H3,(H2,18,21). The summed E-state index contributed by atoms with van der Waals surface area (Å²) in [7, 11) is 1.76. The third-order valence-electron chi connectivity index (χ3n) is 3.43. The lowest BCUT2D eigenvalue weighted by molar-refractivity contribution is -0.384. The molecule has 2 aromatic carbocycles. The number of benzene rings is 2. The number of rotatable bonds is 6. The Hall–Kier alpha value is -2.25. The molecule has 120 valence electrons. The summed E-state index contributed by atoms with van der Waals surface area (Å²) in [6.45, 7) is 0.363. The molecule has 0 aliphatic heterocycles. The van der Waals surface area contributed by atoms with E-state index in [1.54, 1.807) is 24.1 Å². The van der Waals surface area contributed by atoms with Crippen molar-refractivity contribution in [3.05, 3.63) is 74.2 Å². The normalized spacial score (nSPS) is 12.1. The molecule has 0 saturated carbocycles. The van der Waals surface area contributed by atoms with Gasteiger partial charge in [-0.2, -0.15) is 0 Å². The smallest absolute Gasteiger partial charge is 0.269 e. The Morgan fingerprint density at radius 1 is 1.30 bits per heavy atom. The maximum Gasteiger partial charge on any atom is 0.269 e. The number of carbonyl (C=O) groups excluding carboxylic acids is 1. The number of primary amides is 1. The molecule has 0 bridgehead atoms. The SMILES string of the molecule is CN(Cc1cccc([N+](=O)[O-])c1)C(C(N)=O)c1cccc(Br)c1. The van der Waals surface area contributed by atoms with Crippen LogP contribution in [0, 0.1) is 10.1 Å². The van der Waals surface area contributed by atoms with Crippen molar-refractivity contribution in [3.63, 3.8) is 0 Å². The molecule has 0 saturated heterocycles. The number of nitrogens with zero attached hydrogens (tertiary/aromatic N) is 2. The molecule has 2 rings (SSSR count). The van der Waals surface area contributed by atoms with Gasteiger partial charge in [0.25, 0.3) is 5.69 Å². The predicted molar refractivity (Wildman–Crippen MR) is 90.6 cm³/mol. The Morgan fingerprint density at radius 3 is 2.61 bits per heavy atom. The third kappa shape index (κ3) is 4.37. The minimum atomic E-state index is -0.619. The van der Waals surface area contributed by atoms with Crippen molar-refractivity contribution in [3.8, 4) is 0 Å². The van der Waals surface area contributed by atoms with Crippen LogP contribution in [0.5, 0.6) is 0 Å². The summed E-state index contributed by atoms with van der Waals surface area (Å²) in [6.07, 6.45) is 0. The first-order chi connectivity index (χ1) is 10.9. The molecular formula is C16H16BrN3O3. The Labute approximate surface area is 142 Å². The summed E-state index contributed by atoms with van der Waals surface area (Å²) in [5.74, 6) is -0.476. The number of hydrogen-bond acceptors (Lipinski definition) is 4. The molecule has 0 fully saturated rings. The first-order valence-corrected chi connectivity index (χ1v) is 7.66. The molecular weight excluding hydrogens is 362 g/mol. The van der Waals surface area contributed by atoms with Crippen LogP contribution < -0.4 is 5.73 Å². The fraction of sp³-hybridized carbons (Fsp3) is 0.188. The summed E-state index contributed by atoms with van der Waals surface area (Å²) < 4.78 is 0.852. The van der Waals surface area contributed by atoms with Gasteiger partial charge in [0.1, 0.15) is 6.04 Å². The molecule has 1 amide bonds. The van der Waals surface area contributed by atoms with Gasteiger partial charge in [-0.05, 0) is 30.3 Å². The number of nitro groups is 1. The number of amides is 1. The quantitative estimate of drug-likeness (QED) is 0.618. The molecule has 0 heterocycles. The lowest BCUT2D eigenvalue weighted by atomic mass is 10.0. The fourth-order valence-electron chi connectivity index (χ4n) is 2.46. The Bertz CT molecular complexity index is 736. The highest BCUT2D eigenvalue weighted by atomic mass is 79.9. The van der Waals surface area contributed by atoms with Gasteiger partial charge in [-0.1, -0.05) is 40.2 Å². The number of halogens is 1. The van der Waals surface area contributed by atoms with Gasteiger partial charge in [0.15, 0.2) is 0 Å². The summed E-state index contributed by atoms with van der Waals surface area (Å²) >= 11 is 3.38. The lowest BCUT2D eigenvalue weighted by Gasteiger charge is -2.26. The molecule has 0 aliphatic carbocycles. The van der Waals surface area contributed by atoms with Crippen LogP contribution in [0.15, 0.2) is 53.0 Å². The molecule has 0 radical (unpaired) electrons. The van der Waals surface area contributed by atoms with E-state index in [9.17, 15) is 14.9 Å². The average molecular weight is 378 g/mol. The van der Waals surface area contributed by atoms with Crippen molar-refractivity contribution in [1.82, 2.24) is 4.90 Å². The van der Waals surface area contributed by atoms with Crippen LogP contribution >= 0.6 is 15.9 Å². The van der Waals surface area contributed by atoms with E-state index in [0.717, 1.165) is 15.6 Å². The van der Waals surface area contributed by atoms with Crippen molar-refractivity contribution >= 4 is 27.5 Å². The number of nitro benzene ring substituents is 1. The molecule has 0 aromatic heterocycles. The molecule has 2 N–H and O–H groups in total. The van der Waals surface area contributed by atoms with Crippen LogP contribution in [0.3, 0.4) is 0 Å². The number of nitrogens with two attached hydrogens (primary N) is 1. The zero-order chi connectivity index (χ0) is 17.0. The minimum Gasteiger partial charge on any atom is -0.368 e. The molecule has 23 heavy (non-hydrogen) atoms. The largest absolute Gasteiger partial charge is 0.368 e. The first kappa shape index (κ1) is 17.1. The maximum absolute atomic E-state index is 11.9. The second-order valence-electron chi connectivity index (χ2n) is 5.20. The highest BCUT2D eigenvalue weighted by Gasteiger charge is 2.23. The van der Waals surface area contributed by atoms with E-state index in [1.807, 2.05) is 24.3 Å². The van der Waals surface area contributed by atoms with Gasteiger partial charge in [0.05, 0.1) is 4.92 Å². The Kier molecular flexibility index (Phi) is 5.46. The van der Waals surface area contributed by atoms with Crippen molar-refractivity contribution in [2.75, 3.05) is 7.05 Å². The minimum absolute atomic E-state index is 0.0222. The molecule has 1 atom stereocenters. The third-order valence-corrected chi connectivity index (χ3v) is 3.92. The average Bonchev–Trinajstić information content (AvgIpc) is 2.47. The van der Waals surface area contributed by atoms with E-state index in [1.165, 1.54) is 12.1 Å². The lowest BCUT2D eigenvalue weighted by Crippen LogP contribution is -2.35. The van der Waals surface area contributed by atoms with Crippen LogP contribution in [0.4, 0.5) is 5.69 Å². The molecule has 0 spiro atoms. The zero-order valence-corrected chi connectivity index (χ0v) is 14.1. The van der Waals surface area contributed by atoms with Crippen LogP contribution in [-0.4, -0.2) is 22.8 Å². The summed E-state index contributed by atoms with van der Waals surface area (Å²) in [6, 6.07) is 13.1. The molecule has 0 aliphatic rings. The van der Waals surface area contributed by atoms with E-state index < -0.39 is 16.9 Å². The molecule has 7 heteroatoms.